The van der Waals surface area contributed by atoms with Crippen LogP contribution in [0.4, 0.5) is 0 Å². The number of hydrogen-bond acceptors (Lipinski definition) is 11. The van der Waals surface area contributed by atoms with Crippen LogP contribution in [-0.4, -0.2) is 233 Å². The van der Waals surface area contributed by atoms with Gasteiger partial charge in [-0.1, -0.05) is 411 Å². The van der Waals surface area contributed by atoms with E-state index in [0.29, 0.717) is 95.1 Å². The molecule has 3 N–H and O–H groups in total. The van der Waals surface area contributed by atoms with Gasteiger partial charge in [0.1, 0.15) is 0 Å². The topological polar surface area (TPSA) is 70.2 Å². The molecular formula is C127H284N10O. The fourth-order valence-electron chi connectivity index (χ4n) is 14.2. The molecular weight excluding hydrogens is 1680 g/mol. The maximum Gasteiger partial charge on any atom is 0.0443 e. The van der Waals surface area contributed by atoms with E-state index >= 15 is 0 Å². The van der Waals surface area contributed by atoms with E-state index < -0.39 is 0 Å². The molecule has 0 aliphatic rings. The molecule has 0 amide bonds. The van der Waals surface area contributed by atoms with E-state index in [2.05, 4.69) is 452 Å². The Morgan fingerprint density at radius 1 is 0.217 bits per heavy atom. The van der Waals surface area contributed by atoms with Gasteiger partial charge in [0.2, 0.25) is 0 Å². The van der Waals surface area contributed by atoms with Gasteiger partial charge < -0.3 is 54.9 Å². The van der Waals surface area contributed by atoms with E-state index in [1.807, 2.05) is 0 Å². The Hall–Kier alpha value is -0.440. The molecule has 0 aromatic heterocycles. The molecule has 0 bridgehead atoms. The molecule has 848 valence electrons. The summed E-state index contributed by atoms with van der Waals surface area (Å²) in [6.45, 7) is 161. The normalized spacial score (nSPS) is 13.0. The summed E-state index contributed by atoms with van der Waals surface area (Å²) in [5.74, 6) is 1.78. The van der Waals surface area contributed by atoms with E-state index in [1.165, 1.54) is 272 Å². The molecule has 0 saturated heterocycles. The van der Waals surface area contributed by atoms with E-state index in [9.17, 15) is 0 Å². The summed E-state index contributed by atoms with van der Waals surface area (Å²) in [4.78, 5) is 20.5. The second kappa shape index (κ2) is 87.3. The number of unbranched alkanes of at least 4 members (excludes halogenated alkanes) is 5. The highest BCUT2D eigenvalue weighted by atomic mass is 16.3. The van der Waals surface area contributed by atoms with E-state index in [-0.39, 0.29) is 0 Å². The van der Waals surface area contributed by atoms with Crippen LogP contribution in [0.2, 0.25) is 0 Å². The van der Waals surface area contributed by atoms with E-state index in [4.69, 9.17) is 5.11 Å². The quantitative estimate of drug-likeness (QED) is 0.0510. The van der Waals surface area contributed by atoms with Crippen molar-refractivity contribution in [1.29, 1.82) is 0 Å². The highest BCUT2D eigenvalue weighted by Gasteiger charge is 2.24. The van der Waals surface area contributed by atoms with Crippen molar-refractivity contribution in [3.8, 4) is 0 Å². The van der Waals surface area contributed by atoms with Crippen LogP contribution in [-0.2, 0) is 0 Å². The van der Waals surface area contributed by atoms with Crippen molar-refractivity contribution in [2.24, 2.45) is 82.2 Å². The first-order chi connectivity index (χ1) is 62.4. The number of nitrogens with zero attached hydrogens (tertiary/aromatic N) is 8. The molecule has 0 rings (SSSR count). The van der Waals surface area contributed by atoms with Crippen molar-refractivity contribution in [1.82, 2.24) is 49.8 Å². The maximum atomic E-state index is 8.71. The molecule has 138 heavy (non-hydrogen) atoms. The largest absolute Gasteiger partial charge is 0.396 e. The standard InChI is InChI=1S/3C14H31N.3C13H29N.2C12H27N.C11H25NO.C11H25N/c1-7-8-9-11-15(13(2)3)12-10-14(4,5)6;1-7-13(8-2)12-15(9-3)11-10-14(4,5)6;1-6-8-11-15(12-9-7-2)13-10-14(3,4)5;1-8-14(11-13(5,6)7)10-9-12(2,3)4;1-7-8-10-14(12(2)3)11-9-13(4,5)6;1-7-12(8-2)11-14(6)10-9-13(3,4)5;1-11(2,3)7-9-13-10-8-12(4,5)6;1-7-9-13(11(2)3)10-8-12(4,5)6;1-5-12(8-6-10-13)9-7-11(2,3)4;1-10(2,3)7-8-12-9-11(4,5)6/h2*13H,7-12H2,1-6H3;6-13H2,1-5H3;8-11H2,1-7H3;2*12H,7-11H2,1-6H3;13H,7-10H2,1-6H3;11H,7-10H2,1-6H3;13H,5-10H2,1-4H3;12H,7-9H2,1-6H3. The number of nitrogens with one attached hydrogen (secondary N) is 2. The van der Waals surface area contributed by atoms with Gasteiger partial charge in [0.05, 0.1) is 0 Å². The van der Waals surface area contributed by atoms with Crippen molar-refractivity contribution in [3.05, 3.63) is 0 Å². The Balaban J connectivity index is -0.000000165. The summed E-state index contributed by atoms with van der Waals surface area (Å²) in [6, 6.07) is 2.09. The monoisotopic (exact) mass is 1970 g/mol. The highest BCUT2D eigenvalue weighted by Crippen LogP contribution is 2.29. The third-order valence-electron chi connectivity index (χ3n) is 25.5. The third kappa shape index (κ3) is 146. The van der Waals surface area contributed by atoms with Crippen LogP contribution in [0.25, 0.3) is 0 Å². The average Bonchev–Trinajstić information content (AvgIpc) is 0.916. The van der Waals surface area contributed by atoms with Gasteiger partial charge in [-0.3, -0.25) is 0 Å². The zero-order valence-electron chi connectivity index (χ0n) is 108. The van der Waals surface area contributed by atoms with Crippen LogP contribution < -0.4 is 10.6 Å². The van der Waals surface area contributed by atoms with E-state index in [1.54, 1.807) is 0 Å². The summed E-state index contributed by atoms with van der Waals surface area (Å²) in [6.07, 6.45) is 33.6. The average molecular weight is 1970 g/mol. The van der Waals surface area contributed by atoms with Crippen molar-refractivity contribution < 1.29 is 5.11 Å². The Morgan fingerprint density at radius 3 is 0.739 bits per heavy atom. The molecule has 0 unspecified atom stereocenters. The predicted molar refractivity (Wildman–Crippen MR) is 644 cm³/mol. The first-order valence-electron chi connectivity index (χ1n) is 59.3. The fourth-order valence-corrected chi connectivity index (χ4v) is 14.2. The van der Waals surface area contributed by atoms with Gasteiger partial charge in [-0.15, -0.1) is 0 Å². The second-order valence-electron chi connectivity index (χ2n) is 58.9. The minimum absolute atomic E-state index is 0.312. The number of rotatable bonds is 56. The number of aliphatic hydroxyl groups is 1. The lowest BCUT2D eigenvalue weighted by Crippen LogP contribution is -2.34. The van der Waals surface area contributed by atoms with Gasteiger partial charge in [0.25, 0.3) is 0 Å². The Labute approximate surface area is 882 Å². The summed E-state index contributed by atoms with van der Waals surface area (Å²) in [5.41, 5.74) is 5.97. The van der Waals surface area contributed by atoms with Gasteiger partial charge in [-0.2, -0.15) is 0 Å². The number of hydrogen-bond donors (Lipinski definition) is 3. The van der Waals surface area contributed by atoms with Crippen LogP contribution in [0, 0.1) is 82.2 Å². The molecule has 0 aromatic carbocycles. The van der Waals surface area contributed by atoms with Crippen molar-refractivity contribution in [3.63, 3.8) is 0 Å². The highest BCUT2D eigenvalue weighted by molar-refractivity contribution is 4.78. The summed E-state index contributed by atoms with van der Waals surface area (Å²) in [7, 11) is 2.25. The molecule has 0 aliphatic carbocycles. The second-order valence-corrected chi connectivity index (χ2v) is 58.9. The van der Waals surface area contributed by atoms with Crippen LogP contribution in [0.15, 0.2) is 0 Å². The first-order valence-corrected chi connectivity index (χ1v) is 59.3. The van der Waals surface area contributed by atoms with Crippen molar-refractivity contribution >= 4 is 0 Å². The van der Waals surface area contributed by atoms with Gasteiger partial charge in [0.15, 0.2) is 0 Å². The Kier molecular flexibility index (Phi) is 99.7. The van der Waals surface area contributed by atoms with Crippen LogP contribution in [0.3, 0.4) is 0 Å². The van der Waals surface area contributed by atoms with Crippen molar-refractivity contribution in [2.45, 2.75) is 580 Å². The fraction of sp³-hybridized carbons (Fsp3) is 1.00. The summed E-state index contributed by atoms with van der Waals surface area (Å²) < 4.78 is 0. The maximum absolute atomic E-state index is 8.71. The number of aliphatic hydroxyl groups excluding tert-OH is 1. The first kappa shape index (κ1) is 158. The Bertz CT molecular complexity index is 2390. The third-order valence-corrected chi connectivity index (χ3v) is 25.5. The minimum atomic E-state index is 0.312. The Morgan fingerprint density at radius 2 is 0.471 bits per heavy atom. The lowest BCUT2D eigenvalue weighted by atomic mass is 9.91. The van der Waals surface area contributed by atoms with Crippen LogP contribution in [0.5, 0.6) is 0 Å². The molecule has 11 heteroatoms. The van der Waals surface area contributed by atoms with Crippen molar-refractivity contribution in [2.75, 3.05) is 171 Å². The summed E-state index contributed by atoms with van der Waals surface area (Å²) in [5, 5.41) is 15.7. The molecule has 0 radical (unpaired) electrons. The lowest BCUT2D eigenvalue weighted by molar-refractivity contribution is 0.176. The van der Waals surface area contributed by atoms with E-state index in [0.717, 1.165) is 64.1 Å². The van der Waals surface area contributed by atoms with Crippen LogP contribution in [0.1, 0.15) is 562 Å². The van der Waals surface area contributed by atoms with Gasteiger partial charge >= 0.3 is 0 Å². The molecule has 0 spiro atoms. The smallest absolute Gasteiger partial charge is 0.0443 e. The zero-order valence-corrected chi connectivity index (χ0v) is 108. The molecule has 0 saturated carbocycles. The SMILES string of the molecule is CC(C)(C)CCNCC(C)(C)C.CC(C)(C)CCNCCC(C)(C)C.CCC(CC)CN(C)CCC(C)(C)C.CCC(CC)CN(CC)CCC(C)(C)C.CCCCCN(CCC(C)(C)C)C(C)C.CCCCN(CCC(C)(C)C)C(C)C.CCCCN(CCCC)CCC(C)(C)C.CCCN(CCC(C)(C)C)C(C)C.CCN(CCC(C)(C)C)CC(C)(C)C.CCN(CCCO)CCC(C)(C)C. The molecule has 0 heterocycles. The molecule has 0 atom stereocenters. The van der Waals surface area contributed by atoms with Gasteiger partial charge in [0, 0.05) is 50.9 Å². The van der Waals surface area contributed by atoms with Gasteiger partial charge in [-0.05, 0) is 371 Å². The predicted octanol–water partition coefficient (Wildman–Crippen LogP) is 36.5. The van der Waals surface area contributed by atoms with Gasteiger partial charge in [-0.25, -0.2) is 0 Å². The molecule has 0 aromatic rings. The zero-order chi connectivity index (χ0) is 110. The van der Waals surface area contributed by atoms with Crippen LogP contribution >= 0.6 is 0 Å². The molecule has 0 fully saturated rings. The minimum Gasteiger partial charge on any atom is -0.396 e. The molecule has 11 nitrogen and oxygen atoms in total. The molecule has 0 aliphatic heterocycles. The lowest BCUT2D eigenvalue weighted by Gasteiger charge is -2.31. The summed E-state index contributed by atoms with van der Waals surface area (Å²) >= 11 is 0.